The van der Waals surface area contributed by atoms with Crippen molar-refractivity contribution >= 4 is 17.2 Å². The van der Waals surface area contributed by atoms with E-state index >= 15 is 0 Å². The lowest BCUT2D eigenvalue weighted by Gasteiger charge is -2.10. The number of rotatable bonds is 7. The molecule has 146 valence electrons. The summed E-state index contributed by atoms with van der Waals surface area (Å²) in [5.41, 5.74) is 3.88. The summed E-state index contributed by atoms with van der Waals surface area (Å²) < 4.78 is 2.05. The lowest BCUT2D eigenvalue weighted by molar-refractivity contribution is 0.241. The fourth-order valence-corrected chi connectivity index (χ4v) is 3.29. The van der Waals surface area contributed by atoms with E-state index in [1.54, 1.807) is 6.20 Å². The Morgan fingerprint density at radius 1 is 0.828 bits per heavy atom. The maximum absolute atomic E-state index is 12.1. The molecule has 2 heterocycles. The summed E-state index contributed by atoms with van der Waals surface area (Å²) in [5, 5.41) is 5.82. The van der Waals surface area contributed by atoms with Gasteiger partial charge in [0.05, 0.1) is 0 Å². The SMILES string of the molecule is O=C(NCCc1ccccc1)NCCc1nc2cccnc2n1-c1ccccc1. The number of imidazole rings is 1. The summed E-state index contributed by atoms with van der Waals surface area (Å²) in [5.74, 6) is 0.870. The van der Waals surface area contributed by atoms with Crippen LogP contribution in [0.4, 0.5) is 4.79 Å². The lowest BCUT2D eigenvalue weighted by Crippen LogP contribution is -2.37. The van der Waals surface area contributed by atoms with Gasteiger partial charge in [0.15, 0.2) is 5.65 Å². The monoisotopic (exact) mass is 385 g/mol. The van der Waals surface area contributed by atoms with Gasteiger partial charge in [-0.05, 0) is 36.2 Å². The van der Waals surface area contributed by atoms with Gasteiger partial charge in [-0.15, -0.1) is 0 Å². The molecule has 4 rings (SSSR count). The van der Waals surface area contributed by atoms with E-state index in [2.05, 4.69) is 27.8 Å². The fourth-order valence-electron chi connectivity index (χ4n) is 3.29. The molecule has 0 saturated carbocycles. The van der Waals surface area contributed by atoms with E-state index in [1.165, 1.54) is 5.56 Å². The number of urea groups is 1. The molecule has 0 atom stereocenters. The Balaban J connectivity index is 1.37. The molecule has 29 heavy (non-hydrogen) atoms. The number of fused-ring (bicyclic) bond motifs is 1. The second-order valence-electron chi connectivity index (χ2n) is 6.71. The smallest absolute Gasteiger partial charge is 0.314 e. The third-order valence-corrected chi connectivity index (χ3v) is 4.68. The summed E-state index contributed by atoms with van der Waals surface area (Å²) in [4.78, 5) is 21.3. The first kappa shape index (κ1) is 18.7. The Bertz CT molecular complexity index is 1080. The minimum Gasteiger partial charge on any atom is -0.338 e. The number of carbonyl (C=O) groups excluding carboxylic acids is 1. The third-order valence-electron chi connectivity index (χ3n) is 4.68. The van der Waals surface area contributed by atoms with Crippen molar-refractivity contribution in [3.63, 3.8) is 0 Å². The highest BCUT2D eigenvalue weighted by atomic mass is 16.2. The zero-order valence-electron chi connectivity index (χ0n) is 16.1. The van der Waals surface area contributed by atoms with Gasteiger partial charge >= 0.3 is 6.03 Å². The molecule has 2 amide bonds. The van der Waals surface area contributed by atoms with Gasteiger partial charge in [0.1, 0.15) is 11.3 Å². The molecule has 6 nitrogen and oxygen atoms in total. The Labute approximate surface area is 169 Å². The minimum absolute atomic E-state index is 0.165. The first-order valence-corrected chi connectivity index (χ1v) is 9.74. The van der Waals surface area contributed by atoms with Gasteiger partial charge in [-0.1, -0.05) is 48.5 Å². The molecule has 0 saturated heterocycles. The van der Waals surface area contributed by atoms with E-state index in [-0.39, 0.29) is 6.03 Å². The van der Waals surface area contributed by atoms with Crippen molar-refractivity contribution < 1.29 is 4.79 Å². The molecule has 0 spiro atoms. The maximum Gasteiger partial charge on any atom is 0.314 e. The summed E-state index contributed by atoms with van der Waals surface area (Å²) in [6.45, 7) is 1.09. The highest BCUT2D eigenvalue weighted by Gasteiger charge is 2.13. The second-order valence-corrected chi connectivity index (χ2v) is 6.71. The number of aromatic nitrogens is 3. The van der Waals surface area contributed by atoms with Crippen molar-refractivity contribution in [1.82, 2.24) is 25.2 Å². The van der Waals surface area contributed by atoms with Crippen molar-refractivity contribution in [2.45, 2.75) is 12.8 Å². The van der Waals surface area contributed by atoms with Gasteiger partial charge in [-0.3, -0.25) is 4.57 Å². The van der Waals surface area contributed by atoms with Gasteiger partial charge in [0.2, 0.25) is 0 Å². The molecule has 0 aliphatic carbocycles. The van der Waals surface area contributed by atoms with Gasteiger partial charge in [-0.2, -0.15) is 0 Å². The topological polar surface area (TPSA) is 71.8 Å². The van der Waals surface area contributed by atoms with Crippen LogP contribution in [0.3, 0.4) is 0 Å². The molecule has 0 fully saturated rings. The number of carbonyl (C=O) groups is 1. The number of amides is 2. The predicted octanol–water partition coefficient (Wildman–Crippen LogP) is 3.50. The van der Waals surface area contributed by atoms with E-state index in [9.17, 15) is 4.79 Å². The van der Waals surface area contributed by atoms with Gasteiger partial charge in [0, 0.05) is 31.4 Å². The van der Waals surface area contributed by atoms with E-state index in [4.69, 9.17) is 4.98 Å². The van der Waals surface area contributed by atoms with Crippen molar-refractivity contribution in [1.29, 1.82) is 0 Å². The van der Waals surface area contributed by atoms with E-state index in [0.29, 0.717) is 19.5 Å². The number of nitrogens with zero attached hydrogens (tertiary/aromatic N) is 3. The average Bonchev–Trinajstić information content (AvgIpc) is 3.13. The average molecular weight is 385 g/mol. The zero-order chi connectivity index (χ0) is 19.9. The molecule has 0 unspecified atom stereocenters. The molecule has 2 aromatic carbocycles. The standard InChI is InChI=1S/C23H23N5O/c29-23(25-16-13-18-8-3-1-4-9-18)26-17-14-21-27-20-12-7-15-24-22(20)28(21)19-10-5-2-6-11-19/h1-12,15H,13-14,16-17H2,(H2,25,26,29). The number of para-hydroxylation sites is 1. The molecule has 0 bridgehead atoms. The van der Waals surface area contributed by atoms with E-state index in [0.717, 1.165) is 29.1 Å². The fraction of sp³-hybridized carbons (Fsp3) is 0.174. The van der Waals surface area contributed by atoms with Crippen LogP contribution in [-0.2, 0) is 12.8 Å². The Morgan fingerprint density at radius 2 is 1.52 bits per heavy atom. The number of hydrogen-bond donors (Lipinski definition) is 2. The molecule has 0 aliphatic heterocycles. The lowest BCUT2D eigenvalue weighted by atomic mass is 10.1. The largest absolute Gasteiger partial charge is 0.338 e. The molecule has 4 aromatic rings. The van der Waals surface area contributed by atoms with Crippen LogP contribution in [0.25, 0.3) is 16.9 Å². The van der Waals surface area contributed by atoms with Gasteiger partial charge in [0.25, 0.3) is 0 Å². The van der Waals surface area contributed by atoms with Crippen LogP contribution in [0, 0.1) is 0 Å². The van der Waals surface area contributed by atoms with Crippen molar-refractivity contribution in [3.8, 4) is 5.69 Å². The second kappa shape index (κ2) is 9.01. The summed E-state index contributed by atoms with van der Waals surface area (Å²) in [7, 11) is 0. The predicted molar refractivity (Wildman–Crippen MR) is 114 cm³/mol. The van der Waals surface area contributed by atoms with Crippen LogP contribution in [0.5, 0.6) is 0 Å². The number of pyridine rings is 1. The number of nitrogens with one attached hydrogen (secondary N) is 2. The normalized spacial score (nSPS) is 10.8. The van der Waals surface area contributed by atoms with Crippen LogP contribution >= 0.6 is 0 Å². The number of hydrogen-bond acceptors (Lipinski definition) is 3. The zero-order valence-corrected chi connectivity index (χ0v) is 16.1. The highest BCUT2D eigenvalue weighted by Crippen LogP contribution is 2.19. The van der Waals surface area contributed by atoms with E-state index < -0.39 is 0 Å². The Morgan fingerprint density at radius 3 is 2.28 bits per heavy atom. The summed E-state index contributed by atoms with van der Waals surface area (Å²) in [6.07, 6.45) is 3.19. The van der Waals surface area contributed by atoms with Crippen LogP contribution in [-0.4, -0.2) is 33.7 Å². The minimum atomic E-state index is -0.165. The maximum atomic E-state index is 12.1. The van der Waals surface area contributed by atoms with Crippen molar-refractivity contribution in [3.05, 3.63) is 90.4 Å². The molecule has 0 aliphatic rings. The Kier molecular flexibility index (Phi) is 5.81. The molecule has 2 N–H and O–H groups in total. The van der Waals surface area contributed by atoms with Crippen LogP contribution in [0.1, 0.15) is 11.4 Å². The summed E-state index contributed by atoms with van der Waals surface area (Å²) in [6, 6.07) is 23.8. The van der Waals surface area contributed by atoms with Crippen molar-refractivity contribution in [2.24, 2.45) is 0 Å². The van der Waals surface area contributed by atoms with Crippen molar-refractivity contribution in [2.75, 3.05) is 13.1 Å². The van der Waals surface area contributed by atoms with Crippen LogP contribution in [0.2, 0.25) is 0 Å². The first-order valence-electron chi connectivity index (χ1n) is 9.74. The van der Waals surface area contributed by atoms with Gasteiger partial charge < -0.3 is 10.6 Å². The third kappa shape index (κ3) is 4.60. The number of benzene rings is 2. The van der Waals surface area contributed by atoms with Crippen LogP contribution < -0.4 is 10.6 Å². The van der Waals surface area contributed by atoms with Gasteiger partial charge in [-0.25, -0.2) is 14.8 Å². The highest BCUT2D eigenvalue weighted by molar-refractivity contribution is 5.74. The molecule has 0 radical (unpaired) electrons. The molecular weight excluding hydrogens is 362 g/mol. The quantitative estimate of drug-likeness (QED) is 0.511. The molecule has 2 aromatic heterocycles. The van der Waals surface area contributed by atoms with E-state index in [1.807, 2.05) is 65.2 Å². The Hall–Kier alpha value is -3.67. The van der Waals surface area contributed by atoms with Crippen LogP contribution in [0.15, 0.2) is 79.0 Å². The first-order chi connectivity index (χ1) is 14.3. The molecular formula is C23H23N5O. The summed E-state index contributed by atoms with van der Waals surface area (Å²) >= 11 is 0. The molecule has 6 heteroatoms.